The van der Waals surface area contributed by atoms with Crippen LogP contribution in [0.1, 0.15) is 25.8 Å². The van der Waals surface area contributed by atoms with Crippen molar-refractivity contribution in [3.8, 4) is 0 Å². The number of anilines is 1. The fourth-order valence-corrected chi connectivity index (χ4v) is 2.25. The lowest BCUT2D eigenvalue weighted by molar-refractivity contribution is 0.192. The van der Waals surface area contributed by atoms with Crippen LogP contribution in [-0.4, -0.2) is 11.0 Å². The van der Waals surface area contributed by atoms with Crippen molar-refractivity contribution in [2.45, 2.75) is 26.4 Å². The van der Waals surface area contributed by atoms with Gasteiger partial charge in [-0.2, -0.15) is 0 Å². The minimum Gasteiger partial charge on any atom is -0.399 e. The van der Waals surface area contributed by atoms with E-state index in [1.54, 1.807) is 37.3 Å². The molecule has 2 atom stereocenters. The summed E-state index contributed by atoms with van der Waals surface area (Å²) in [6, 6.07) is 7.01. The van der Waals surface area contributed by atoms with E-state index in [4.69, 9.17) is 10.3 Å². The Labute approximate surface area is 102 Å². The number of hydrogen-bond donors (Lipinski definition) is 2. The molecule has 0 aliphatic carbocycles. The summed E-state index contributed by atoms with van der Waals surface area (Å²) in [5.41, 5.74) is 7.00. The van der Waals surface area contributed by atoms with Gasteiger partial charge < -0.3 is 15.2 Å². The maximum atomic E-state index is 11.6. The molecular weight excluding hydrogens is 237 g/mol. The van der Waals surface area contributed by atoms with E-state index in [1.165, 1.54) is 5.82 Å². The zero-order valence-electron chi connectivity index (χ0n) is 10.0. The van der Waals surface area contributed by atoms with E-state index in [2.05, 4.69) is 0 Å². The smallest absolute Gasteiger partial charge is 0.351 e. The molecule has 0 bridgehead atoms. The molecule has 1 aromatic carbocycles. The molecule has 2 unspecified atom stereocenters. The van der Waals surface area contributed by atoms with E-state index in [0.717, 1.165) is 5.56 Å². The van der Waals surface area contributed by atoms with Crippen LogP contribution < -0.4 is 5.73 Å². The Bertz CT molecular complexity index is 428. The molecule has 0 aromatic heterocycles. The van der Waals surface area contributed by atoms with Gasteiger partial charge in [-0.25, -0.2) is 0 Å². The largest absolute Gasteiger partial charge is 0.399 e. The van der Waals surface area contributed by atoms with Crippen LogP contribution in [0.4, 0.5) is 5.69 Å². The molecule has 0 spiro atoms. The Morgan fingerprint density at radius 1 is 1.47 bits per heavy atom. The second kappa shape index (κ2) is 6.01. The topological polar surface area (TPSA) is 72.5 Å². The van der Waals surface area contributed by atoms with Crippen molar-refractivity contribution >= 4 is 19.4 Å². The predicted molar refractivity (Wildman–Crippen MR) is 70.6 cm³/mol. The van der Waals surface area contributed by atoms with Crippen LogP contribution in [0, 0.1) is 0 Å². The number of rotatable bonds is 5. The Morgan fingerprint density at radius 2 is 2.06 bits per heavy atom. The van der Waals surface area contributed by atoms with Crippen molar-refractivity contribution in [2.24, 2.45) is 0 Å². The molecule has 0 aliphatic heterocycles. The first-order valence-electron chi connectivity index (χ1n) is 5.48. The first-order chi connectivity index (χ1) is 7.93. The lowest BCUT2D eigenvalue weighted by Gasteiger charge is -2.13. The minimum absolute atomic E-state index is 0.234. The molecule has 4 nitrogen and oxygen atoms in total. The average molecular weight is 255 g/mol. The summed E-state index contributed by atoms with van der Waals surface area (Å²) in [6.07, 6.45) is 2.02. The van der Waals surface area contributed by atoms with E-state index in [-0.39, 0.29) is 6.10 Å². The molecule has 5 heteroatoms. The third-order valence-electron chi connectivity index (χ3n) is 2.30. The molecule has 0 aliphatic rings. The van der Waals surface area contributed by atoms with E-state index < -0.39 is 7.60 Å². The van der Waals surface area contributed by atoms with Crippen molar-refractivity contribution in [2.75, 3.05) is 5.73 Å². The summed E-state index contributed by atoms with van der Waals surface area (Å²) >= 11 is 0. The average Bonchev–Trinajstić information content (AvgIpc) is 2.28. The van der Waals surface area contributed by atoms with Gasteiger partial charge in [0.25, 0.3) is 0 Å². The van der Waals surface area contributed by atoms with Crippen molar-refractivity contribution in [1.29, 1.82) is 0 Å². The van der Waals surface area contributed by atoms with E-state index in [1.807, 2.05) is 6.92 Å². The van der Waals surface area contributed by atoms with Crippen LogP contribution in [-0.2, 0) is 9.09 Å². The molecule has 0 heterocycles. The van der Waals surface area contributed by atoms with Gasteiger partial charge >= 0.3 is 7.60 Å². The Hall–Kier alpha value is -1.09. The van der Waals surface area contributed by atoms with Crippen LogP contribution in [0.3, 0.4) is 0 Å². The fraction of sp³-hybridized carbons (Fsp3) is 0.333. The van der Waals surface area contributed by atoms with Gasteiger partial charge in [0.2, 0.25) is 0 Å². The van der Waals surface area contributed by atoms with Gasteiger partial charge in [-0.15, -0.1) is 0 Å². The normalized spacial score (nSPS) is 16.9. The molecule has 1 aromatic rings. The summed E-state index contributed by atoms with van der Waals surface area (Å²) < 4.78 is 16.7. The summed E-state index contributed by atoms with van der Waals surface area (Å²) in [4.78, 5) is 9.55. The molecule has 17 heavy (non-hydrogen) atoms. The van der Waals surface area contributed by atoms with Crippen LogP contribution in [0.5, 0.6) is 0 Å². The van der Waals surface area contributed by atoms with E-state index >= 15 is 0 Å². The predicted octanol–water partition coefficient (Wildman–Crippen LogP) is 3.24. The van der Waals surface area contributed by atoms with Crippen molar-refractivity contribution in [3.05, 3.63) is 35.6 Å². The second-order valence-corrected chi connectivity index (χ2v) is 5.51. The summed E-state index contributed by atoms with van der Waals surface area (Å²) in [6.45, 7) is 3.66. The van der Waals surface area contributed by atoms with Gasteiger partial charge in [-0.1, -0.05) is 19.1 Å². The Morgan fingerprint density at radius 3 is 2.59 bits per heavy atom. The molecule has 0 saturated heterocycles. The summed E-state index contributed by atoms with van der Waals surface area (Å²) in [7, 11) is -3.65. The van der Waals surface area contributed by atoms with Crippen molar-refractivity contribution < 1.29 is 14.0 Å². The van der Waals surface area contributed by atoms with Gasteiger partial charge in [0.1, 0.15) is 0 Å². The number of benzene rings is 1. The van der Waals surface area contributed by atoms with Crippen LogP contribution in [0.15, 0.2) is 30.1 Å². The highest BCUT2D eigenvalue weighted by atomic mass is 31.2. The highest BCUT2D eigenvalue weighted by Gasteiger charge is 2.17. The maximum Gasteiger partial charge on any atom is 0.351 e. The van der Waals surface area contributed by atoms with Gasteiger partial charge in [-0.05, 0) is 37.1 Å². The van der Waals surface area contributed by atoms with Gasteiger partial charge in [0.05, 0.1) is 6.10 Å². The van der Waals surface area contributed by atoms with E-state index in [9.17, 15) is 9.46 Å². The number of hydrogen-bond acceptors (Lipinski definition) is 3. The maximum absolute atomic E-state index is 11.6. The Kier molecular flexibility index (Phi) is 4.94. The quantitative estimate of drug-likeness (QED) is 0.625. The van der Waals surface area contributed by atoms with Crippen molar-refractivity contribution in [3.63, 3.8) is 0 Å². The third kappa shape index (κ3) is 5.18. The molecule has 1 rings (SSSR count). The lowest BCUT2D eigenvalue weighted by Crippen LogP contribution is -2.02. The van der Waals surface area contributed by atoms with Gasteiger partial charge in [0.15, 0.2) is 0 Å². The molecule has 0 radical (unpaired) electrons. The van der Waals surface area contributed by atoms with Crippen LogP contribution >= 0.6 is 7.60 Å². The summed E-state index contributed by atoms with van der Waals surface area (Å²) in [5.74, 6) is 1.20. The lowest BCUT2D eigenvalue weighted by atomic mass is 10.2. The zero-order valence-corrected chi connectivity index (χ0v) is 10.9. The highest BCUT2D eigenvalue weighted by Crippen LogP contribution is 2.45. The second-order valence-electron chi connectivity index (χ2n) is 3.87. The standard InChI is InChI=1S/C12H18NO3P/c1-3-10(2)16-17(14,15)9-8-11-4-6-12(13)7-5-11/h4-10H,3,13H2,1-2H3,(H,14,15). The monoisotopic (exact) mass is 255 g/mol. The number of nitrogens with two attached hydrogens (primary N) is 1. The van der Waals surface area contributed by atoms with Gasteiger partial charge in [-0.3, -0.25) is 4.57 Å². The van der Waals surface area contributed by atoms with Gasteiger partial charge in [0, 0.05) is 11.5 Å². The molecule has 94 valence electrons. The minimum atomic E-state index is -3.65. The SMILES string of the molecule is CCC(C)OP(=O)(O)C=Cc1ccc(N)cc1. The molecule has 0 fully saturated rings. The first kappa shape index (κ1) is 14.0. The molecular formula is C12H18NO3P. The van der Waals surface area contributed by atoms with Crippen LogP contribution in [0.25, 0.3) is 6.08 Å². The zero-order chi connectivity index (χ0) is 12.9. The fourth-order valence-electron chi connectivity index (χ4n) is 1.15. The highest BCUT2D eigenvalue weighted by molar-refractivity contribution is 7.56. The number of nitrogen functional groups attached to an aromatic ring is 1. The summed E-state index contributed by atoms with van der Waals surface area (Å²) in [5, 5.41) is 0. The molecule has 0 saturated carbocycles. The Balaban J connectivity index is 2.69. The van der Waals surface area contributed by atoms with Crippen molar-refractivity contribution in [1.82, 2.24) is 0 Å². The molecule has 0 amide bonds. The molecule has 3 N–H and O–H groups in total. The third-order valence-corrected chi connectivity index (χ3v) is 3.49. The van der Waals surface area contributed by atoms with E-state index in [0.29, 0.717) is 12.1 Å². The first-order valence-corrected chi connectivity index (χ1v) is 7.13. The van der Waals surface area contributed by atoms with Crippen LogP contribution in [0.2, 0.25) is 0 Å².